The fourth-order valence-electron chi connectivity index (χ4n) is 0.950. The number of carbonyl (C=O) groups excluding carboxylic acids is 1. The Hall–Kier alpha value is -0.800. The van der Waals surface area contributed by atoms with Crippen molar-refractivity contribution >= 4 is 17.1 Å². The molecule has 0 saturated heterocycles. The maximum Gasteiger partial charge on any atom is 0.203 e. The zero-order valence-corrected chi connectivity index (χ0v) is 7.51. The maximum absolute atomic E-state index is 10.8. The van der Waals surface area contributed by atoms with Crippen LogP contribution in [0, 0.1) is 0 Å². The first-order chi connectivity index (χ1) is 5.83. The Morgan fingerprint density at radius 1 is 1.33 bits per heavy atom. The summed E-state index contributed by atoms with van der Waals surface area (Å²) in [6, 6.07) is 9.91. The lowest BCUT2D eigenvalue weighted by molar-refractivity contribution is -0.110. The van der Waals surface area contributed by atoms with Crippen LogP contribution in [0.3, 0.4) is 0 Å². The van der Waals surface area contributed by atoms with Gasteiger partial charge < -0.3 is 0 Å². The third kappa shape index (κ3) is 3.07. The average Bonchev–Trinajstić information content (AvgIpc) is 2.16. The van der Waals surface area contributed by atoms with Gasteiger partial charge in [-0.3, -0.25) is 9.93 Å². The van der Waals surface area contributed by atoms with E-state index in [0.29, 0.717) is 6.42 Å². The SMILES string of the molecule is NSC(=O)CCc1ccccc1. The van der Waals surface area contributed by atoms with Crippen molar-refractivity contribution < 1.29 is 4.79 Å². The third-order valence-corrected chi connectivity index (χ3v) is 2.06. The van der Waals surface area contributed by atoms with Crippen molar-refractivity contribution in [1.82, 2.24) is 0 Å². The maximum atomic E-state index is 10.8. The molecule has 12 heavy (non-hydrogen) atoms. The van der Waals surface area contributed by atoms with Gasteiger partial charge in [-0.25, -0.2) is 0 Å². The number of hydrogen-bond donors (Lipinski definition) is 1. The van der Waals surface area contributed by atoms with Crippen LogP contribution < -0.4 is 5.14 Å². The van der Waals surface area contributed by atoms with Crippen molar-refractivity contribution in [3.63, 3.8) is 0 Å². The first-order valence-corrected chi connectivity index (χ1v) is 4.64. The van der Waals surface area contributed by atoms with Crippen LogP contribution in [0.4, 0.5) is 0 Å². The second kappa shape index (κ2) is 4.95. The van der Waals surface area contributed by atoms with Crippen LogP contribution in [0.2, 0.25) is 0 Å². The molecule has 0 aliphatic heterocycles. The van der Waals surface area contributed by atoms with Crippen LogP contribution in [-0.2, 0) is 11.2 Å². The van der Waals surface area contributed by atoms with Crippen molar-refractivity contribution in [2.24, 2.45) is 5.14 Å². The molecule has 64 valence electrons. The Kier molecular flexibility index (Phi) is 3.84. The normalized spacial score (nSPS) is 9.75. The molecule has 0 bridgehead atoms. The summed E-state index contributed by atoms with van der Waals surface area (Å²) in [5.41, 5.74) is 1.18. The summed E-state index contributed by atoms with van der Waals surface area (Å²) in [4.78, 5) is 10.8. The number of aryl methyl sites for hydroxylation is 1. The highest BCUT2D eigenvalue weighted by Gasteiger charge is 1.99. The van der Waals surface area contributed by atoms with Crippen LogP contribution >= 0.6 is 11.9 Å². The number of hydrogen-bond acceptors (Lipinski definition) is 3. The molecule has 1 rings (SSSR count). The molecule has 0 heterocycles. The predicted octanol–water partition coefficient (Wildman–Crippen LogP) is 1.75. The Morgan fingerprint density at radius 2 is 2.00 bits per heavy atom. The second-order valence-electron chi connectivity index (χ2n) is 2.48. The number of carbonyl (C=O) groups is 1. The highest BCUT2D eigenvalue weighted by atomic mass is 32.2. The van der Waals surface area contributed by atoms with Gasteiger partial charge in [0.05, 0.1) is 0 Å². The lowest BCUT2D eigenvalue weighted by Gasteiger charge is -1.97. The minimum atomic E-state index is 0.0406. The van der Waals surface area contributed by atoms with E-state index < -0.39 is 0 Å². The highest BCUT2D eigenvalue weighted by Crippen LogP contribution is 2.05. The van der Waals surface area contributed by atoms with Gasteiger partial charge in [-0.1, -0.05) is 30.3 Å². The van der Waals surface area contributed by atoms with Gasteiger partial charge in [0.25, 0.3) is 0 Å². The van der Waals surface area contributed by atoms with Crippen LogP contribution in [-0.4, -0.2) is 5.12 Å². The molecule has 0 aromatic heterocycles. The van der Waals surface area contributed by atoms with E-state index in [2.05, 4.69) is 0 Å². The highest BCUT2D eigenvalue weighted by molar-refractivity contribution is 8.11. The minimum Gasteiger partial charge on any atom is -0.286 e. The van der Waals surface area contributed by atoms with Crippen molar-refractivity contribution in [3.05, 3.63) is 35.9 Å². The molecule has 3 heteroatoms. The molecular weight excluding hydrogens is 170 g/mol. The predicted molar refractivity (Wildman–Crippen MR) is 51.5 cm³/mol. The van der Waals surface area contributed by atoms with Gasteiger partial charge in [0.15, 0.2) is 0 Å². The van der Waals surface area contributed by atoms with Gasteiger partial charge in [-0.2, -0.15) is 0 Å². The summed E-state index contributed by atoms with van der Waals surface area (Å²) in [5, 5.41) is 5.14. The van der Waals surface area contributed by atoms with Crippen molar-refractivity contribution in [3.8, 4) is 0 Å². The number of nitrogens with two attached hydrogens (primary N) is 1. The topological polar surface area (TPSA) is 43.1 Å². The summed E-state index contributed by atoms with van der Waals surface area (Å²) in [6.45, 7) is 0. The van der Waals surface area contributed by atoms with E-state index in [1.54, 1.807) is 0 Å². The summed E-state index contributed by atoms with van der Waals surface area (Å²) in [7, 11) is 0. The fourth-order valence-corrected chi connectivity index (χ4v) is 1.17. The monoisotopic (exact) mass is 181 g/mol. The molecule has 0 aliphatic rings. The molecule has 0 spiro atoms. The fraction of sp³-hybridized carbons (Fsp3) is 0.222. The molecule has 0 saturated carbocycles. The molecule has 0 unspecified atom stereocenters. The van der Waals surface area contributed by atoms with E-state index in [-0.39, 0.29) is 5.12 Å². The minimum absolute atomic E-state index is 0.0406. The first kappa shape index (κ1) is 9.29. The molecule has 0 atom stereocenters. The molecule has 0 radical (unpaired) electrons. The van der Waals surface area contributed by atoms with E-state index in [4.69, 9.17) is 5.14 Å². The molecule has 1 aromatic carbocycles. The first-order valence-electron chi connectivity index (χ1n) is 3.76. The molecular formula is C9H11NOS. The molecule has 0 aliphatic carbocycles. The third-order valence-electron chi connectivity index (χ3n) is 1.59. The average molecular weight is 181 g/mol. The lowest BCUT2D eigenvalue weighted by Crippen LogP contribution is -1.98. The van der Waals surface area contributed by atoms with Gasteiger partial charge in [-0.15, -0.1) is 0 Å². The zero-order chi connectivity index (χ0) is 8.81. The van der Waals surface area contributed by atoms with E-state index in [1.165, 1.54) is 5.56 Å². The lowest BCUT2D eigenvalue weighted by atomic mass is 10.1. The molecule has 0 fully saturated rings. The quantitative estimate of drug-likeness (QED) is 0.722. The molecule has 0 amide bonds. The molecule has 2 nitrogen and oxygen atoms in total. The van der Waals surface area contributed by atoms with E-state index in [1.807, 2.05) is 30.3 Å². The van der Waals surface area contributed by atoms with E-state index >= 15 is 0 Å². The van der Waals surface area contributed by atoms with Gasteiger partial charge in [0.1, 0.15) is 0 Å². The summed E-state index contributed by atoms with van der Waals surface area (Å²) < 4.78 is 0. The molecule has 1 aromatic rings. The summed E-state index contributed by atoms with van der Waals surface area (Å²) in [6.07, 6.45) is 1.30. The van der Waals surface area contributed by atoms with Gasteiger partial charge in [-0.05, 0) is 23.9 Å². The Bertz CT molecular complexity index is 248. The van der Waals surface area contributed by atoms with E-state index in [0.717, 1.165) is 18.4 Å². The van der Waals surface area contributed by atoms with Crippen molar-refractivity contribution in [2.75, 3.05) is 0 Å². The molecule has 2 N–H and O–H groups in total. The Balaban J connectivity index is 2.38. The van der Waals surface area contributed by atoms with Gasteiger partial charge >= 0.3 is 0 Å². The number of rotatable bonds is 3. The largest absolute Gasteiger partial charge is 0.286 e. The summed E-state index contributed by atoms with van der Waals surface area (Å²) in [5.74, 6) is 0. The van der Waals surface area contributed by atoms with Crippen LogP contribution in [0.25, 0.3) is 0 Å². The second-order valence-corrected chi connectivity index (χ2v) is 3.17. The van der Waals surface area contributed by atoms with Gasteiger partial charge in [0, 0.05) is 6.42 Å². The van der Waals surface area contributed by atoms with E-state index in [9.17, 15) is 4.79 Å². The zero-order valence-electron chi connectivity index (χ0n) is 6.69. The number of benzene rings is 1. The van der Waals surface area contributed by atoms with Crippen molar-refractivity contribution in [2.45, 2.75) is 12.8 Å². The summed E-state index contributed by atoms with van der Waals surface area (Å²) >= 11 is 0.805. The van der Waals surface area contributed by atoms with Crippen molar-refractivity contribution in [1.29, 1.82) is 0 Å². The smallest absolute Gasteiger partial charge is 0.203 e. The Labute approximate surface area is 76.3 Å². The van der Waals surface area contributed by atoms with Crippen LogP contribution in [0.1, 0.15) is 12.0 Å². The van der Waals surface area contributed by atoms with Crippen LogP contribution in [0.5, 0.6) is 0 Å². The van der Waals surface area contributed by atoms with Crippen LogP contribution in [0.15, 0.2) is 30.3 Å². The van der Waals surface area contributed by atoms with Gasteiger partial charge in [0.2, 0.25) is 5.12 Å². The standard InChI is InChI=1S/C9H11NOS/c10-12-9(11)7-6-8-4-2-1-3-5-8/h1-5H,6-7,10H2. The Morgan fingerprint density at radius 3 is 2.58 bits per heavy atom.